The number of benzene rings is 2. The van der Waals surface area contributed by atoms with E-state index in [2.05, 4.69) is 20.6 Å². The second-order valence-corrected chi connectivity index (χ2v) is 8.05. The zero-order chi connectivity index (χ0) is 27.4. The van der Waals surface area contributed by atoms with Crippen LogP contribution in [0.4, 0.5) is 18.9 Å². The molecule has 198 valence electrons. The number of para-hydroxylation sites is 2. The number of carbonyl (C=O) groups is 1. The van der Waals surface area contributed by atoms with Crippen LogP contribution in [-0.2, 0) is 6.18 Å². The number of nitrogens with one attached hydrogen (secondary N) is 2. The van der Waals surface area contributed by atoms with Gasteiger partial charge in [0, 0.05) is 24.0 Å². The lowest BCUT2D eigenvalue weighted by Crippen LogP contribution is -2.29. The van der Waals surface area contributed by atoms with Gasteiger partial charge in [-0.25, -0.2) is 9.97 Å². The number of amides is 1. The van der Waals surface area contributed by atoms with Crippen LogP contribution in [0.25, 0.3) is 28.1 Å². The summed E-state index contributed by atoms with van der Waals surface area (Å²) >= 11 is 0. The normalized spacial score (nSPS) is 12.0. The molecule has 2 aromatic carbocycles. The zero-order valence-electron chi connectivity index (χ0n) is 20.4. The van der Waals surface area contributed by atoms with Crippen LogP contribution in [0.5, 0.6) is 11.5 Å². The summed E-state index contributed by atoms with van der Waals surface area (Å²) in [5.74, 6) is -0.389. The van der Waals surface area contributed by atoms with Gasteiger partial charge in [0.25, 0.3) is 5.91 Å². The Kier molecular flexibility index (Phi) is 7.42. The van der Waals surface area contributed by atoms with E-state index < -0.39 is 17.8 Å². The third kappa shape index (κ3) is 5.33. The SMILES string of the molecule is C/C=C(\N)c1oc(-c2ccc(OC)c3nc(C(F)(F)F)ccc23)nc1C(=O)NCCNc1ccccc1O. The van der Waals surface area contributed by atoms with Gasteiger partial charge in [0.2, 0.25) is 5.89 Å². The monoisotopic (exact) mass is 527 g/mol. The number of pyridine rings is 1. The first-order valence-electron chi connectivity index (χ1n) is 11.4. The second-order valence-electron chi connectivity index (χ2n) is 8.05. The molecule has 4 aromatic rings. The van der Waals surface area contributed by atoms with Crippen LogP contribution in [0.3, 0.4) is 0 Å². The predicted octanol–water partition coefficient (Wildman–Crippen LogP) is 4.78. The van der Waals surface area contributed by atoms with Crippen LogP contribution in [0.2, 0.25) is 0 Å². The molecule has 12 heteroatoms. The van der Waals surface area contributed by atoms with Crippen molar-refractivity contribution < 1.29 is 32.2 Å². The average Bonchev–Trinajstić information content (AvgIpc) is 3.35. The molecule has 0 saturated heterocycles. The number of methoxy groups -OCH3 is 1. The Morgan fingerprint density at radius 2 is 1.89 bits per heavy atom. The standard InChI is InChI=1S/C26H24F3N5O4/c1-3-16(30)23-22(24(36)32-13-12-31-17-6-4-5-7-18(17)35)34-25(38-23)15-8-10-19(37-2)21-14(15)9-11-20(33-21)26(27,28)29/h3-11,31,35H,12-13,30H2,1-2H3,(H,32,36)/b16-3-. The fourth-order valence-electron chi connectivity index (χ4n) is 3.70. The van der Waals surface area contributed by atoms with E-state index in [1.165, 1.54) is 31.4 Å². The maximum atomic E-state index is 13.3. The average molecular weight is 528 g/mol. The van der Waals surface area contributed by atoms with Gasteiger partial charge >= 0.3 is 6.18 Å². The number of carbonyl (C=O) groups excluding carboxylic acids is 1. The number of ether oxygens (including phenoxy) is 1. The molecule has 1 amide bonds. The van der Waals surface area contributed by atoms with Crippen LogP contribution in [0, 0.1) is 0 Å². The summed E-state index contributed by atoms with van der Waals surface area (Å²) in [6, 6.07) is 11.8. The van der Waals surface area contributed by atoms with Gasteiger partial charge in [-0.1, -0.05) is 18.2 Å². The van der Waals surface area contributed by atoms with Crippen molar-refractivity contribution in [2.45, 2.75) is 13.1 Å². The molecule has 9 nitrogen and oxygen atoms in total. The van der Waals surface area contributed by atoms with E-state index in [0.717, 1.165) is 6.07 Å². The van der Waals surface area contributed by atoms with Crippen molar-refractivity contribution in [2.75, 3.05) is 25.5 Å². The summed E-state index contributed by atoms with van der Waals surface area (Å²) in [5, 5.41) is 15.8. The van der Waals surface area contributed by atoms with Gasteiger partial charge in [-0.2, -0.15) is 13.2 Å². The molecule has 0 atom stereocenters. The predicted molar refractivity (Wildman–Crippen MR) is 136 cm³/mol. The first kappa shape index (κ1) is 26.3. The van der Waals surface area contributed by atoms with Gasteiger partial charge in [0.1, 0.15) is 22.7 Å². The number of nitrogens with zero attached hydrogens (tertiary/aromatic N) is 2. The molecule has 0 aliphatic heterocycles. The molecule has 0 aliphatic rings. The van der Waals surface area contributed by atoms with Crippen LogP contribution in [0.1, 0.15) is 28.9 Å². The molecule has 0 fully saturated rings. The number of nitrogens with two attached hydrogens (primary N) is 1. The molecule has 4 rings (SSSR count). The number of allylic oxidation sites excluding steroid dienone is 1. The van der Waals surface area contributed by atoms with Gasteiger partial charge < -0.3 is 30.6 Å². The lowest BCUT2D eigenvalue weighted by atomic mass is 10.1. The third-order valence-electron chi connectivity index (χ3n) is 5.61. The Hall–Kier alpha value is -4.74. The van der Waals surface area contributed by atoms with Crippen LogP contribution in [0.15, 0.2) is 59.0 Å². The van der Waals surface area contributed by atoms with Crippen molar-refractivity contribution in [3.05, 3.63) is 71.8 Å². The number of hydrogen-bond acceptors (Lipinski definition) is 8. The van der Waals surface area contributed by atoms with E-state index in [1.807, 2.05) is 0 Å². The number of hydrogen-bond donors (Lipinski definition) is 4. The van der Waals surface area contributed by atoms with Crippen LogP contribution in [-0.4, -0.2) is 41.2 Å². The third-order valence-corrected chi connectivity index (χ3v) is 5.61. The van der Waals surface area contributed by atoms with Crippen molar-refractivity contribution in [1.82, 2.24) is 15.3 Å². The number of aromatic hydroxyl groups is 1. The van der Waals surface area contributed by atoms with E-state index in [0.29, 0.717) is 17.8 Å². The minimum atomic E-state index is -4.65. The fourth-order valence-corrected chi connectivity index (χ4v) is 3.70. The first-order chi connectivity index (χ1) is 18.1. The van der Waals surface area contributed by atoms with Gasteiger partial charge in [-0.05, 0) is 43.3 Å². The number of fused-ring (bicyclic) bond motifs is 1. The Morgan fingerprint density at radius 1 is 1.13 bits per heavy atom. The van der Waals surface area contributed by atoms with Gasteiger partial charge in [-0.3, -0.25) is 4.79 Å². The maximum absolute atomic E-state index is 13.3. The number of oxazole rings is 1. The molecular formula is C26H24F3N5O4. The summed E-state index contributed by atoms with van der Waals surface area (Å²) in [4.78, 5) is 21.0. The smallest absolute Gasteiger partial charge is 0.433 e. The summed E-state index contributed by atoms with van der Waals surface area (Å²) in [6.45, 7) is 2.14. The highest BCUT2D eigenvalue weighted by atomic mass is 19.4. The molecule has 38 heavy (non-hydrogen) atoms. The number of aromatic nitrogens is 2. The van der Waals surface area contributed by atoms with E-state index in [1.54, 1.807) is 31.2 Å². The lowest BCUT2D eigenvalue weighted by Gasteiger charge is -2.11. The number of anilines is 1. The maximum Gasteiger partial charge on any atom is 0.433 e. The van der Waals surface area contributed by atoms with Crippen LogP contribution >= 0.6 is 0 Å². The van der Waals surface area contributed by atoms with Crippen molar-refractivity contribution >= 4 is 28.2 Å². The van der Waals surface area contributed by atoms with E-state index in [9.17, 15) is 23.1 Å². The van der Waals surface area contributed by atoms with Crippen LogP contribution < -0.4 is 21.1 Å². The van der Waals surface area contributed by atoms with Crippen molar-refractivity contribution in [1.29, 1.82) is 0 Å². The zero-order valence-corrected chi connectivity index (χ0v) is 20.4. The quantitative estimate of drug-likeness (QED) is 0.190. The second kappa shape index (κ2) is 10.7. The number of alkyl halides is 3. The molecule has 5 N–H and O–H groups in total. The summed E-state index contributed by atoms with van der Waals surface area (Å²) < 4.78 is 50.9. The van der Waals surface area contributed by atoms with E-state index in [-0.39, 0.29) is 52.0 Å². The molecule has 0 aliphatic carbocycles. The number of phenolic OH excluding ortho intramolecular Hbond substituents is 1. The molecule has 0 spiro atoms. The summed E-state index contributed by atoms with van der Waals surface area (Å²) in [6.07, 6.45) is -3.12. The highest BCUT2D eigenvalue weighted by Gasteiger charge is 2.33. The van der Waals surface area contributed by atoms with Gasteiger partial charge in [0.05, 0.1) is 18.5 Å². The molecule has 0 unspecified atom stereocenters. The molecule has 0 bridgehead atoms. The number of halogens is 3. The Morgan fingerprint density at radius 3 is 2.58 bits per heavy atom. The minimum Gasteiger partial charge on any atom is -0.506 e. The van der Waals surface area contributed by atoms with E-state index in [4.69, 9.17) is 14.9 Å². The largest absolute Gasteiger partial charge is 0.506 e. The highest BCUT2D eigenvalue weighted by molar-refractivity contribution is 5.99. The fraction of sp³-hybridized carbons (Fsp3) is 0.192. The van der Waals surface area contributed by atoms with Gasteiger partial charge in [-0.15, -0.1) is 0 Å². The van der Waals surface area contributed by atoms with Crippen molar-refractivity contribution in [3.8, 4) is 23.0 Å². The molecule has 2 heterocycles. The van der Waals surface area contributed by atoms with Gasteiger partial charge in [0.15, 0.2) is 11.5 Å². The lowest BCUT2D eigenvalue weighted by molar-refractivity contribution is -0.140. The van der Waals surface area contributed by atoms with Crippen molar-refractivity contribution in [2.24, 2.45) is 5.73 Å². The highest BCUT2D eigenvalue weighted by Crippen LogP contribution is 2.37. The van der Waals surface area contributed by atoms with E-state index >= 15 is 0 Å². The summed E-state index contributed by atoms with van der Waals surface area (Å²) in [5.41, 5.74) is 5.79. The molecule has 2 aromatic heterocycles. The Bertz CT molecular complexity index is 1510. The Balaban J connectivity index is 1.65. The topological polar surface area (TPSA) is 136 Å². The minimum absolute atomic E-state index is 0.0116. The molecular weight excluding hydrogens is 503 g/mol. The Labute approximate surface area is 215 Å². The number of rotatable bonds is 8. The first-order valence-corrected chi connectivity index (χ1v) is 11.4. The molecule has 0 radical (unpaired) electrons. The molecule has 0 saturated carbocycles. The summed E-state index contributed by atoms with van der Waals surface area (Å²) in [7, 11) is 1.32. The number of phenols is 1. The van der Waals surface area contributed by atoms with Crippen molar-refractivity contribution in [3.63, 3.8) is 0 Å².